The van der Waals surface area contributed by atoms with Crippen LogP contribution in [0.15, 0.2) is 123 Å². The van der Waals surface area contributed by atoms with Crippen molar-refractivity contribution in [2.75, 3.05) is 18.1 Å². The number of anilines is 1. The van der Waals surface area contributed by atoms with E-state index in [4.69, 9.17) is 14.5 Å². The van der Waals surface area contributed by atoms with Crippen molar-refractivity contribution in [1.82, 2.24) is 4.57 Å². The molecule has 1 aromatic heterocycles. The van der Waals surface area contributed by atoms with Gasteiger partial charge in [0, 0.05) is 15.6 Å². The van der Waals surface area contributed by atoms with Crippen LogP contribution in [0.5, 0.6) is 5.75 Å². The lowest BCUT2D eigenvalue weighted by Crippen LogP contribution is -2.41. The minimum absolute atomic E-state index is 0.145. The summed E-state index contributed by atoms with van der Waals surface area (Å²) in [6.07, 6.45) is 0. The summed E-state index contributed by atoms with van der Waals surface area (Å²) in [5.41, 5.74) is 4.26. The molecule has 4 aromatic carbocycles. The first kappa shape index (κ1) is 31.5. The van der Waals surface area contributed by atoms with Crippen LogP contribution in [0.25, 0.3) is 11.3 Å². The highest BCUT2D eigenvalue weighted by Gasteiger charge is 2.38. The predicted octanol–water partition coefficient (Wildman–Crippen LogP) is 6.01. The molecular weight excluding hydrogens is 690 g/mol. The Hall–Kier alpha value is -5.06. The van der Waals surface area contributed by atoms with Crippen molar-refractivity contribution in [3.05, 3.63) is 155 Å². The summed E-state index contributed by atoms with van der Waals surface area (Å²) >= 11 is 4.72. The summed E-state index contributed by atoms with van der Waals surface area (Å²) in [5, 5.41) is 0. The average Bonchev–Trinajstić information content (AvgIpc) is 3.56. The van der Waals surface area contributed by atoms with Gasteiger partial charge in [-0.15, -0.1) is 0 Å². The third-order valence-corrected chi connectivity index (χ3v) is 9.79. The van der Waals surface area contributed by atoms with Crippen LogP contribution in [0.1, 0.15) is 42.1 Å². The Morgan fingerprint density at radius 1 is 0.896 bits per heavy atom. The van der Waals surface area contributed by atoms with Crippen LogP contribution in [0.3, 0.4) is 0 Å². The van der Waals surface area contributed by atoms with E-state index in [-0.39, 0.29) is 22.6 Å². The maximum atomic E-state index is 14.7. The van der Waals surface area contributed by atoms with E-state index in [1.165, 1.54) is 4.57 Å². The smallest absolute Gasteiger partial charge is 0.338 e. The number of aromatic nitrogens is 1. The number of fused-ring (bicyclic) bond motifs is 2. The molecule has 0 saturated carbocycles. The quantitative estimate of drug-likeness (QED) is 0.183. The zero-order valence-electron chi connectivity index (χ0n) is 26.2. The molecule has 0 radical (unpaired) electrons. The first-order valence-electron chi connectivity index (χ1n) is 15.6. The molecular formula is C38H30BrN3O5S. The van der Waals surface area contributed by atoms with Crippen molar-refractivity contribution >= 4 is 56.1 Å². The van der Waals surface area contributed by atoms with Crippen molar-refractivity contribution in [2.45, 2.75) is 26.4 Å². The lowest BCUT2D eigenvalue weighted by Gasteiger charge is -2.26. The van der Waals surface area contributed by atoms with Crippen LogP contribution in [0.4, 0.5) is 5.69 Å². The highest BCUT2D eigenvalue weighted by molar-refractivity contribution is 9.10. The van der Waals surface area contributed by atoms with Crippen LogP contribution in [-0.2, 0) is 20.9 Å². The van der Waals surface area contributed by atoms with Gasteiger partial charge in [0.1, 0.15) is 10.3 Å². The number of carbonyl (C=O) groups is 2. The molecule has 1 atom stereocenters. The van der Waals surface area contributed by atoms with Crippen molar-refractivity contribution in [2.24, 2.45) is 4.99 Å². The molecule has 5 aromatic rings. The first-order valence-corrected chi connectivity index (χ1v) is 17.2. The van der Waals surface area contributed by atoms with Crippen molar-refractivity contribution in [3.8, 4) is 5.75 Å². The molecule has 0 N–H and O–H groups in total. The largest absolute Gasteiger partial charge is 0.494 e. The lowest BCUT2D eigenvalue weighted by molar-refractivity contribution is -0.138. The molecule has 8 nitrogen and oxygen atoms in total. The lowest BCUT2D eigenvalue weighted by atomic mass is 9.93. The second-order valence-electron chi connectivity index (χ2n) is 11.2. The Labute approximate surface area is 289 Å². The van der Waals surface area contributed by atoms with Crippen molar-refractivity contribution < 1.29 is 19.1 Å². The fourth-order valence-corrected chi connectivity index (χ4v) is 7.62. The van der Waals surface area contributed by atoms with Gasteiger partial charge in [0.25, 0.3) is 11.5 Å². The Morgan fingerprint density at radius 3 is 2.29 bits per heavy atom. The number of esters is 1. The summed E-state index contributed by atoms with van der Waals surface area (Å²) in [6.45, 7) is 4.63. The van der Waals surface area contributed by atoms with Crippen LogP contribution in [0, 0.1) is 0 Å². The summed E-state index contributed by atoms with van der Waals surface area (Å²) in [6, 6.07) is 31.2. The van der Waals surface area contributed by atoms with Gasteiger partial charge in [0.05, 0.1) is 48.3 Å². The predicted molar refractivity (Wildman–Crippen MR) is 189 cm³/mol. The molecule has 3 heterocycles. The van der Waals surface area contributed by atoms with Gasteiger partial charge in [-0.2, -0.15) is 0 Å². The number of nitrogens with zero attached hydrogens (tertiary/aromatic N) is 3. The number of hydrogen-bond acceptors (Lipinski definition) is 7. The number of amides is 1. The van der Waals surface area contributed by atoms with Crippen LogP contribution < -0.4 is 24.5 Å². The number of halogens is 1. The van der Waals surface area contributed by atoms with Gasteiger partial charge in [-0.3, -0.25) is 14.2 Å². The van der Waals surface area contributed by atoms with E-state index in [0.29, 0.717) is 57.4 Å². The third kappa shape index (κ3) is 5.61. The van der Waals surface area contributed by atoms with E-state index in [2.05, 4.69) is 15.9 Å². The standard InChI is InChI=1S/C38H30BrN3O5S/c1-3-46-27-18-15-25(16-19-27)33-31(37(45)47-4-2)32(24-13-9-6-10-14-24)40-38-42(33)36(44)34(48-38)30-28-21-26(39)17-20-29(28)41(35(30)43)22-23-11-7-5-8-12-23/h5-21,33H,3-4,22H2,1-2H3/b34-30+/t33-/m0/s1. The molecule has 2 aliphatic rings. The van der Waals surface area contributed by atoms with Gasteiger partial charge >= 0.3 is 5.97 Å². The zero-order chi connectivity index (χ0) is 33.4. The minimum atomic E-state index is -0.876. The highest BCUT2D eigenvalue weighted by Crippen LogP contribution is 2.39. The molecule has 0 bridgehead atoms. The van der Waals surface area contributed by atoms with E-state index < -0.39 is 17.6 Å². The number of hydrogen-bond donors (Lipinski definition) is 0. The molecule has 48 heavy (non-hydrogen) atoms. The maximum absolute atomic E-state index is 14.7. The molecule has 1 amide bonds. The van der Waals surface area contributed by atoms with E-state index in [1.807, 2.05) is 110 Å². The monoisotopic (exact) mass is 719 g/mol. The van der Waals surface area contributed by atoms with Gasteiger partial charge < -0.3 is 14.4 Å². The highest BCUT2D eigenvalue weighted by atomic mass is 79.9. The maximum Gasteiger partial charge on any atom is 0.338 e. The SMILES string of the molecule is CCOC(=O)C1=C(c2ccccc2)N=c2s/c(=C3/C(=O)N(Cc4ccccc4)c4ccc(Br)cc43)c(=O)n2[C@H]1c1ccc(OCC)cc1. The molecule has 0 aliphatic carbocycles. The fourth-order valence-electron chi connectivity index (χ4n) is 6.17. The van der Waals surface area contributed by atoms with Crippen LogP contribution >= 0.6 is 27.3 Å². The van der Waals surface area contributed by atoms with Crippen LogP contribution in [0.2, 0.25) is 0 Å². The molecule has 10 heteroatoms. The molecule has 0 fully saturated rings. The number of ether oxygens (including phenoxy) is 2. The van der Waals surface area contributed by atoms with Crippen molar-refractivity contribution in [3.63, 3.8) is 0 Å². The Kier molecular flexibility index (Phi) is 8.68. The first-order chi connectivity index (χ1) is 23.4. The summed E-state index contributed by atoms with van der Waals surface area (Å²) < 4.78 is 13.8. The fraction of sp³-hybridized carbons (Fsp3) is 0.158. The molecule has 2 aliphatic heterocycles. The average molecular weight is 721 g/mol. The molecule has 0 spiro atoms. The Bertz CT molecular complexity index is 2260. The topological polar surface area (TPSA) is 90.2 Å². The summed E-state index contributed by atoms with van der Waals surface area (Å²) in [5.74, 6) is -0.182. The molecule has 7 rings (SSSR count). The van der Waals surface area contributed by atoms with Gasteiger partial charge in [-0.05, 0) is 55.3 Å². The van der Waals surface area contributed by atoms with E-state index >= 15 is 0 Å². The minimum Gasteiger partial charge on any atom is -0.494 e. The zero-order valence-corrected chi connectivity index (χ0v) is 28.6. The van der Waals surface area contributed by atoms with E-state index in [0.717, 1.165) is 21.4 Å². The van der Waals surface area contributed by atoms with Crippen LogP contribution in [-0.4, -0.2) is 29.7 Å². The molecule has 0 unspecified atom stereocenters. The van der Waals surface area contributed by atoms with E-state index in [9.17, 15) is 14.4 Å². The van der Waals surface area contributed by atoms with Gasteiger partial charge in [-0.1, -0.05) is 100 Å². The summed E-state index contributed by atoms with van der Waals surface area (Å²) in [7, 11) is 0. The third-order valence-electron chi connectivity index (χ3n) is 8.24. The number of rotatable bonds is 8. The van der Waals surface area contributed by atoms with E-state index in [1.54, 1.807) is 11.8 Å². The number of benzene rings is 4. The molecule has 0 saturated heterocycles. The second kappa shape index (κ2) is 13.2. The molecule has 240 valence electrons. The Morgan fingerprint density at radius 2 is 1.60 bits per heavy atom. The van der Waals surface area contributed by atoms with Gasteiger partial charge in [-0.25, -0.2) is 9.79 Å². The normalized spacial score (nSPS) is 16.4. The van der Waals surface area contributed by atoms with Gasteiger partial charge in [0.15, 0.2) is 4.80 Å². The van der Waals surface area contributed by atoms with Crippen molar-refractivity contribution in [1.29, 1.82) is 0 Å². The van der Waals surface area contributed by atoms with Gasteiger partial charge in [0.2, 0.25) is 0 Å². The second-order valence-corrected chi connectivity index (χ2v) is 13.1. The number of carbonyl (C=O) groups excluding carboxylic acids is 2. The number of thiazole rings is 1. The summed E-state index contributed by atoms with van der Waals surface area (Å²) in [4.78, 5) is 49.9. The Balaban J connectivity index is 1.51.